The van der Waals surface area contributed by atoms with Crippen LogP contribution in [-0.4, -0.2) is 22.1 Å². The summed E-state index contributed by atoms with van der Waals surface area (Å²) >= 11 is 0. The summed E-state index contributed by atoms with van der Waals surface area (Å²) in [5.41, 5.74) is 6.39. The van der Waals surface area contributed by atoms with Gasteiger partial charge in [-0.05, 0) is 19.1 Å². The molecule has 2 rings (SSSR count). The second kappa shape index (κ2) is 4.88. The number of hydrogen-bond acceptors (Lipinski definition) is 5. The van der Waals surface area contributed by atoms with Crippen LogP contribution in [0.1, 0.15) is 11.6 Å². The van der Waals surface area contributed by atoms with Crippen LogP contribution in [0.5, 0.6) is 5.75 Å². The minimum Gasteiger partial charge on any atom is -0.496 e. The highest BCUT2D eigenvalue weighted by Gasteiger charge is 2.09. The Kier molecular flexibility index (Phi) is 3.30. The molecule has 0 unspecified atom stereocenters. The van der Waals surface area contributed by atoms with Crippen molar-refractivity contribution in [1.82, 2.24) is 15.0 Å². The Morgan fingerprint density at radius 3 is 2.65 bits per heavy atom. The second-order valence-electron chi connectivity index (χ2n) is 3.53. The van der Waals surface area contributed by atoms with E-state index in [0.29, 0.717) is 24.0 Å². The third kappa shape index (κ3) is 2.39. The Bertz CT molecular complexity index is 528. The van der Waals surface area contributed by atoms with Crippen LogP contribution in [0.3, 0.4) is 0 Å². The number of nitrogens with zero attached hydrogens (tertiary/aromatic N) is 3. The zero-order valence-electron chi connectivity index (χ0n) is 9.84. The van der Waals surface area contributed by atoms with Gasteiger partial charge in [0.15, 0.2) is 5.82 Å². The summed E-state index contributed by atoms with van der Waals surface area (Å²) in [6.45, 7) is 2.12. The highest BCUT2D eigenvalue weighted by atomic mass is 16.5. The molecule has 0 bridgehead atoms. The van der Waals surface area contributed by atoms with Crippen molar-refractivity contribution in [2.24, 2.45) is 5.73 Å². The lowest BCUT2D eigenvalue weighted by Gasteiger charge is -2.08. The molecule has 1 aromatic carbocycles. The molecule has 0 atom stereocenters. The van der Waals surface area contributed by atoms with Crippen LogP contribution >= 0.6 is 0 Å². The molecule has 0 amide bonds. The monoisotopic (exact) mass is 230 g/mol. The van der Waals surface area contributed by atoms with Gasteiger partial charge < -0.3 is 10.5 Å². The Morgan fingerprint density at radius 1 is 1.18 bits per heavy atom. The van der Waals surface area contributed by atoms with E-state index < -0.39 is 0 Å². The average molecular weight is 230 g/mol. The molecule has 0 saturated heterocycles. The van der Waals surface area contributed by atoms with E-state index in [1.54, 1.807) is 7.11 Å². The molecule has 0 spiro atoms. The maximum absolute atomic E-state index is 5.55. The molecule has 0 fully saturated rings. The lowest BCUT2D eigenvalue weighted by atomic mass is 10.2. The summed E-state index contributed by atoms with van der Waals surface area (Å²) in [7, 11) is 1.62. The van der Waals surface area contributed by atoms with Gasteiger partial charge in [-0.15, -0.1) is 0 Å². The van der Waals surface area contributed by atoms with Crippen molar-refractivity contribution in [1.29, 1.82) is 0 Å². The molecule has 2 aromatic rings. The minimum absolute atomic E-state index is 0.297. The van der Waals surface area contributed by atoms with Gasteiger partial charge in [0.1, 0.15) is 17.4 Å². The number of nitrogens with two attached hydrogens (primary N) is 1. The van der Waals surface area contributed by atoms with Gasteiger partial charge in [0.05, 0.1) is 19.2 Å². The van der Waals surface area contributed by atoms with Crippen LogP contribution in [0.2, 0.25) is 0 Å². The largest absolute Gasteiger partial charge is 0.496 e. The average Bonchev–Trinajstić information content (AvgIpc) is 2.37. The maximum Gasteiger partial charge on any atom is 0.167 e. The summed E-state index contributed by atoms with van der Waals surface area (Å²) in [4.78, 5) is 12.8. The molecule has 0 aliphatic rings. The Hall–Kier alpha value is -2.01. The fourth-order valence-corrected chi connectivity index (χ4v) is 1.58. The van der Waals surface area contributed by atoms with Gasteiger partial charge in [0, 0.05) is 0 Å². The van der Waals surface area contributed by atoms with E-state index in [1.807, 2.05) is 31.2 Å². The predicted octanol–water partition coefficient (Wildman–Crippen LogP) is 1.31. The van der Waals surface area contributed by atoms with Crippen LogP contribution < -0.4 is 10.5 Å². The molecule has 0 radical (unpaired) electrons. The molecule has 0 saturated carbocycles. The highest BCUT2D eigenvalue weighted by Crippen LogP contribution is 2.26. The first-order valence-electron chi connectivity index (χ1n) is 5.29. The Morgan fingerprint density at radius 2 is 1.94 bits per heavy atom. The van der Waals surface area contributed by atoms with E-state index >= 15 is 0 Å². The lowest BCUT2D eigenvalue weighted by Crippen LogP contribution is -2.07. The number of rotatable bonds is 3. The Balaban J connectivity index is 2.55. The van der Waals surface area contributed by atoms with E-state index in [4.69, 9.17) is 10.5 Å². The quantitative estimate of drug-likeness (QED) is 0.860. The van der Waals surface area contributed by atoms with Crippen molar-refractivity contribution in [3.8, 4) is 17.1 Å². The first-order valence-corrected chi connectivity index (χ1v) is 5.29. The van der Waals surface area contributed by atoms with Gasteiger partial charge in [-0.1, -0.05) is 12.1 Å². The molecule has 88 valence electrons. The van der Waals surface area contributed by atoms with Crippen molar-refractivity contribution in [3.05, 3.63) is 35.9 Å². The van der Waals surface area contributed by atoms with Gasteiger partial charge in [-0.2, -0.15) is 0 Å². The van der Waals surface area contributed by atoms with Crippen molar-refractivity contribution < 1.29 is 4.74 Å². The van der Waals surface area contributed by atoms with Crippen molar-refractivity contribution >= 4 is 0 Å². The van der Waals surface area contributed by atoms with Crippen LogP contribution in [0, 0.1) is 6.92 Å². The topological polar surface area (TPSA) is 73.9 Å². The zero-order valence-corrected chi connectivity index (χ0v) is 9.84. The second-order valence-corrected chi connectivity index (χ2v) is 3.53. The fraction of sp³-hybridized carbons (Fsp3) is 0.250. The molecule has 0 aliphatic carbocycles. The summed E-state index contributed by atoms with van der Waals surface area (Å²) < 4.78 is 5.28. The first-order chi connectivity index (χ1) is 8.24. The summed E-state index contributed by atoms with van der Waals surface area (Å²) in [6, 6.07) is 7.60. The molecule has 0 aliphatic heterocycles. The van der Waals surface area contributed by atoms with Crippen molar-refractivity contribution in [3.63, 3.8) is 0 Å². The van der Waals surface area contributed by atoms with Gasteiger partial charge in [0.25, 0.3) is 0 Å². The third-order valence-corrected chi connectivity index (χ3v) is 2.32. The minimum atomic E-state index is 0.297. The smallest absolute Gasteiger partial charge is 0.167 e. The molecule has 1 aromatic heterocycles. The highest BCUT2D eigenvalue weighted by molar-refractivity contribution is 5.63. The maximum atomic E-state index is 5.55. The third-order valence-electron chi connectivity index (χ3n) is 2.32. The van der Waals surface area contributed by atoms with E-state index in [0.717, 1.165) is 11.3 Å². The normalized spacial score (nSPS) is 10.3. The molecule has 5 nitrogen and oxygen atoms in total. The number of aromatic nitrogens is 3. The molecule has 2 N–H and O–H groups in total. The first kappa shape index (κ1) is 11.5. The SMILES string of the molecule is COc1ccccc1-c1nc(C)nc(CN)n1. The lowest BCUT2D eigenvalue weighted by molar-refractivity contribution is 0.416. The summed E-state index contributed by atoms with van der Waals surface area (Å²) in [6.07, 6.45) is 0. The molecular formula is C12H14N4O. The van der Waals surface area contributed by atoms with Gasteiger partial charge in [-0.3, -0.25) is 0 Å². The van der Waals surface area contributed by atoms with E-state index in [-0.39, 0.29) is 0 Å². The summed E-state index contributed by atoms with van der Waals surface area (Å²) in [5, 5.41) is 0. The Labute approximate surface area is 99.7 Å². The van der Waals surface area contributed by atoms with E-state index in [1.165, 1.54) is 0 Å². The molecular weight excluding hydrogens is 216 g/mol. The van der Waals surface area contributed by atoms with E-state index in [2.05, 4.69) is 15.0 Å². The van der Waals surface area contributed by atoms with Crippen LogP contribution in [0.25, 0.3) is 11.4 Å². The zero-order chi connectivity index (χ0) is 12.3. The van der Waals surface area contributed by atoms with E-state index in [9.17, 15) is 0 Å². The van der Waals surface area contributed by atoms with Crippen LogP contribution in [0.15, 0.2) is 24.3 Å². The fourth-order valence-electron chi connectivity index (χ4n) is 1.58. The van der Waals surface area contributed by atoms with Crippen molar-refractivity contribution in [2.45, 2.75) is 13.5 Å². The van der Waals surface area contributed by atoms with Crippen LogP contribution in [0.4, 0.5) is 0 Å². The number of ether oxygens (including phenoxy) is 1. The predicted molar refractivity (Wildman–Crippen MR) is 64.4 cm³/mol. The summed E-state index contributed by atoms with van der Waals surface area (Å²) in [5.74, 6) is 2.57. The van der Waals surface area contributed by atoms with Gasteiger partial charge >= 0.3 is 0 Å². The number of aryl methyl sites for hydroxylation is 1. The van der Waals surface area contributed by atoms with Gasteiger partial charge in [0.2, 0.25) is 0 Å². The standard InChI is InChI=1S/C12H14N4O/c1-8-14-11(7-13)16-12(15-8)9-5-3-4-6-10(9)17-2/h3-6H,7,13H2,1-2H3. The number of para-hydroxylation sites is 1. The molecule has 5 heteroatoms. The molecule has 17 heavy (non-hydrogen) atoms. The molecule has 1 heterocycles. The van der Waals surface area contributed by atoms with Gasteiger partial charge in [-0.25, -0.2) is 15.0 Å². The van der Waals surface area contributed by atoms with Crippen molar-refractivity contribution in [2.75, 3.05) is 7.11 Å². The number of methoxy groups -OCH3 is 1. The van der Waals surface area contributed by atoms with Crippen LogP contribution in [-0.2, 0) is 6.54 Å². The number of hydrogen-bond donors (Lipinski definition) is 1. The number of benzene rings is 1.